The Morgan fingerprint density at radius 1 is 1.16 bits per heavy atom. The molecule has 1 N–H and O–H groups in total. The van der Waals surface area contributed by atoms with Gasteiger partial charge in [-0.25, -0.2) is 0 Å². The van der Waals surface area contributed by atoms with Crippen LogP contribution >= 0.6 is 11.6 Å². The maximum atomic E-state index is 6.01. The van der Waals surface area contributed by atoms with Crippen LogP contribution in [-0.4, -0.2) is 26.4 Å². The Balaban J connectivity index is 2.38. The van der Waals surface area contributed by atoms with Crippen LogP contribution < -0.4 is 10.1 Å². The van der Waals surface area contributed by atoms with Crippen molar-refractivity contribution in [3.63, 3.8) is 0 Å². The molecule has 0 bridgehead atoms. The standard InChI is InChI=1S/C15H24ClNO2/c1-3-5-8-18-9-10-19-15-7-6-14(16)11-13(15)12-17-4-2/h6-7,11,17H,3-5,8-10,12H2,1-2H3. The van der Waals surface area contributed by atoms with Gasteiger partial charge in [0.1, 0.15) is 12.4 Å². The Hall–Kier alpha value is -0.770. The summed E-state index contributed by atoms with van der Waals surface area (Å²) in [6, 6.07) is 5.71. The smallest absolute Gasteiger partial charge is 0.124 e. The van der Waals surface area contributed by atoms with Crippen LogP contribution in [0.15, 0.2) is 18.2 Å². The van der Waals surface area contributed by atoms with Crippen LogP contribution in [0.1, 0.15) is 32.3 Å². The monoisotopic (exact) mass is 285 g/mol. The van der Waals surface area contributed by atoms with Crippen molar-refractivity contribution in [3.05, 3.63) is 28.8 Å². The molecule has 0 fully saturated rings. The molecule has 19 heavy (non-hydrogen) atoms. The van der Waals surface area contributed by atoms with Crippen LogP contribution in [0.2, 0.25) is 5.02 Å². The molecule has 0 aromatic heterocycles. The number of halogens is 1. The van der Waals surface area contributed by atoms with Gasteiger partial charge in [-0.15, -0.1) is 0 Å². The van der Waals surface area contributed by atoms with Crippen LogP contribution in [-0.2, 0) is 11.3 Å². The normalized spacial score (nSPS) is 10.7. The predicted molar refractivity (Wildman–Crippen MR) is 80.1 cm³/mol. The topological polar surface area (TPSA) is 30.5 Å². The average Bonchev–Trinajstić information content (AvgIpc) is 2.42. The minimum absolute atomic E-state index is 0.574. The Morgan fingerprint density at radius 3 is 2.74 bits per heavy atom. The number of ether oxygens (including phenoxy) is 2. The fraction of sp³-hybridized carbons (Fsp3) is 0.600. The van der Waals surface area contributed by atoms with Gasteiger partial charge in [0.15, 0.2) is 0 Å². The van der Waals surface area contributed by atoms with E-state index in [4.69, 9.17) is 21.1 Å². The van der Waals surface area contributed by atoms with Crippen molar-refractivity contribution < 1.29 is 9.47 Å². The molecule has 0 saturated carbocycles. The Kier molecular flexibility index (Phi) is 8.63. The highest BCUT2D eigenvalue weighted by Gasteiger charge is 2.04. The zero-order valence-corrected chi connectivity index (χ0v) is 12.6. The van der Waals surface area contributed by atoms with Gasteiger partial charge in [0.25, 0.3) is 0 Å². The summed E-state index contributed by atoms with van der Waals surface area (Å²) < 4.78 is 11.2. The second kappa shape index (κ2) is 10.1. The van der Waals surface area contributed by atoms with Gasteiger partial charge in [-0.1, -0.05) is 31.9 Å². The van der Waals surface area contributed by atoms with Crippen molar-refractivity contribution in [3.8, 4) is 5.75 Å². The van der Waals surface area contributed by atoms with Gasteiger partial charge in [0.2, 0.25) is 0 Å². The lowest BCUT2D eigenvalue weighted by molar-refractivity contribution is 0.0977. The minimum atomic E-state index is 0.574. The molecule has 4 heteroatoms. The van der Waals surface area contributed by atoms with E-state index in [9.17, 15) is 0 Å². The zero-order valence-electron chi connectivity index (χ0n) is 11.9. The fourth-order valence-corrected chi connectivity index (χ4v) is 1.84. The first-order valence-electron chi connectivity index (χ1n) is 6.97. The van der Waals surface area contributed by atoms with Crippen molar-refractivity contribution in [2.75, 3.05) is 26.4 Å². The second-order valence-corrected chi connectivity index (χ2v) is 4.78. The summed E-state index contributed by atoms with van der Waals surface area (Å²) in [7, 11) is 0. The largest absolute Gasteiger partial charge is 0.491 e. The van der Waals surface area contributed by atoms with Crippen molar-refractivity contribution in [2.24, 2.45) is 0 Å². The molecule has 0 heterocycles. The van der Waals surface area contributed by atoms with Crippen molar-refractivity contribution in [2.45, 2.75) is 33.2 Å². The number of unbranched alkanes of at least 4 members (excludes halogenated alkanes) is 1. The first kappa shape index (κ1) is 16.3. The molecular weight excluding hydrogens is 262 g/mol. The van der Waals surface area contributed by atoms with E-state index >= 15 is 0 Å². The van der Waals surface area contributed by atoms with E-state index in [-0.39, 0.29) is 0 Å². The molecule has 0 aliphatic rings. The molecule has 3 nitrogen and oxygen atoms in total. The Labute approximate surface area is 121 Å². The van der Waals surface area contributed by atoms with Gasteiger partial charge < -0.3 is 14.8 Å². The average molecular weight is 286 g/mol. The molecule has 0 aliphatic carbocycles. The molecular formula is C15H24ClNO2. The number of rotatable bonds is 10. The molecule has 108 valence electrons. The highest BCUT2D eigenvalue weighted by molar-refractivity contribution is 6.30. The maximum Gasteiger partial charge on any atom is 0.124 e. The SMILES string of the molecule is CCCCOCCOc1ccc(Cl)cc1CNCC. The highest BCUT2D eigenvalue weighted by atomic mass is 35.5. The van der Waals surface area contributed by atoms with Crippen LogP contribution in [0.5, 0.6) is 5.75 Å². The van der Waals surface area contributed by atoms with E-state index in [0.29, 0.717) is 13.2 Å². The molecule has 0 unspecified atom stereocenters. The first-order valence-corrected chi connectivity index (χ1v) is 7.35. The van der Waals surface area contributed by atoms with E-state index in [1.165, 1.54) is 0 Å². The number of nitrogens with one attached hydrogen (secondary N) is 1. The molecule has 1 aromatic rings. The van der Waals surface area contributed by atoms with E-state index < -0.39 is 0 Å². The molecule has 1 rings (SSSR count). The fourth-order valence-electron chi connectivity index (χ4n) is 1.65. The van der Waals surface area contributed by atoms with E-state index in [0.717, 1.165) is 48.9 Å². The zero-order chi connectivity index (χ0) is 13.9. The summed E-state index contributed by atoms with van der Waals surface area (Å²) >= 11 is 6.01. The van der Waals surface area contributed by atoms with E-state index in [1.807, 2.05) is 18.2 Å². The van der Waals surface area contributed by atoms with Crippen molar-refractivity contribution in [1.29, 1.82) is 0 Å². The lowest BCUT2D eigenvalue weighted by atomic mass is 10.2. The predicted octanol–water partition coefficient (Wildman–Crippen LogP) is 3.65. The summed E-state index contributed by atoms with van der Waals surface area (Å²) in [5.74, 6) is 0.879. The lowest BCUT2D eigenvalue weighted by Gasteiger charge is -2.12. The van der Waals surface area contributed by atoms with Crippen molar-refractivity contribution in [1.82, 2.24) is 5.32 Å². The number of hydrogen-bond acceptors (Lipinski definition) is 3. The lowest BCUT2D eigenvalue weighted by Crippen LogP contribution is -2.14. The van der Waals surface area contributed by atoms with Gasteiger partial charge in [-0.2, -0.15) is 0 Å². The molecule has 0 atom stereocenters. The Morgan fingerprint density at radius 2 is 2.00 bits per heavy atom. The quantitative estimate of drug-likeness (QED) is 0.666. The Bertz CT molecular complexity index is 358. The van der Waals surface area contributed by atoms with Crippen LogP contribution in [0, 0.1) is 0 Å². The van der Waals surface area contributed by atoms with Gasteiger partial charge in [-0.3, -0.25) is 0 Å². The number of hydrogen-bond donors (Lipinski definition) is 1. The number of benzene rings is 1. The summed E-state index contributed by atoms with van der Waals surface area (Å²) in [5.41, 5.74) is 1.09. The van der Waals surface area contributed by atoms with E-state index in [2.05, 4.69) is 19.2 Å². The molecule has 0 saturated heterocycles. The third kappa shape index (κ3) is 6.81. The van der Waals surface area contributed by atoms with Crippen LogP contribution in [0.4, 0.5) is 0 Å². The molecule has 1 aromatic carbocycles. The molecule has 0 amide bonds. The highest BCUT2D eigenvalue weighted by Crippen LogP contribution is 2.22. The molecule has 0 aliphatic heterocycles. The first-order chi connectivity index (χ1) is 9.27. The van der Waals surface area contributed by atoms with Crippen LogP contribution in [0.3, 0.4) is 0 Å². The molecule has 0 spiro atoms. The van der Waals surface area contributed by atoms with Gasteiger partial charge in [0, 0.05) is 23.7 Å². The third-order valence-electron chi connectivity index (χ3n) is 2.72. The van der Waals surface area contributed by atoms with Gasteiger partial charge in [-0.05, 0) is 31.2 Å². The second-order valence-electron chi connectivity index (χ2n) is 4.35. The minimum Gasteiger partial charge on any atom is -0.491 e. The molecule has 0 radical (unpaired) electrons. The summed E-state index contributed by atoms with van der Waals surface area (Å²) in [6.45, 7) is 7.93. The third-order valence-corrected chi connectivity index (χ3v) is 2.95. The van der Waals surface area contributed by atoms with Gasteiger partial charge >= 0.3 is 0 Å². The maximum absolute atomic E-state index is 6.01. The van der Waals surface area contributed by atoms with Gasteiger partial charge in [0.05, 0.1) is 6.61 Å². The van der Waals surface area contributed by atoms with Crippen LogP contribution in [0.25, 0.3) is 0 Å². The van der Waals surface area contributed by atoms with Crippen molar-refractivity contribution >= 4 is 11.6 Å². The summed E-state index contributed by atoms with van der Waals surface area (Å²) in [4.78, 5) is 0. The van der Waals surface area contributed by atoms with E-state index in [1.54, 1.807) is 0 Å². The summed E-state index contributed by atoms with van der Waals surface area (Å²) in [6.07, 6.45) is 2.26. The summed E-state index contributed by atoms with van der Waals surface area (Å²) in [5, 5.41) is 4.02.